The number of amides is 1. The van der Waals surface area contributed by atoms with Gasteiger partial charge in [-0.1, -0.05) is 38.0 Å². The molecule has 0 heterocycles. The molecule has 1 amide bonds. The molecule has 1 aromatic rings. The molecule has 0 saturated heterocycles. The van der Waals surface area contributed by atoms with Crippen molar-refractivity contribution in [1.29, 1.82) is 0 Å². The third-order valence-electron chi connectivity index (χ3n) is 4.81. The number of carbonyl (C=O) groups is 2. The van der Waals surface area contributed by atoms with Crippen LogP contribution in [0, 0.1) is 5.92 Å². The highest BCUT2D eigenvalue weighted by Crippen LogP contribution is 2.27. The van der Waals surface area contributed by atoms with Gasteiger partial charge in [0, 0.05) is 19.5 Å². The summed E-state index contributed by atoms with van der Waals surface area (Å²) in [7, 11) is 1.89. The van der Waals surface area contributed by atoms with Crippen LogP contribution in [0.4, 0.5) is 0 Å². The van der Waals surface area contributed by atoms with Crippen molar-refractivity contribution in [3.05, 3.63) is 35.4 Å². The largest absolute Gasteiger partial charge is 0.478 e. The van der Waals surface area contributed by atoms with Gasteiger partial charge in [-0.15, -0.1) is 0 Å². The molecule has 1 aliphatic carbocycles. The normalized spacial score (nSPS) is 21.4. The number of aromatic carboxylic acids is 1. The molecule has 4 nitrogen and oxygen atoms in total. The average molecular weight is 303 g/mol. The van der Waals surface area contributed by atoms with Crippen LogP contribution in [0.2, 0.25) is 0 Å². The lowest BCUT2D eigenvalue weighted by Gasteiger charge is -2.36. The van der Waals surface area contributed by atoms with Crippen LogP contribution in [-0.4, -0.2) is 35.0 Å². The van der Waals surface area contributed by atoms with Gasteiger partial charge in [0.2, 0.25) is 5.91 Å². The molecule has 0 radical (unpaired) electrons. The molecular formula is C18H25NO3. The molecule has 120 valence electrons. The van der Waals surface area contributed by atoms with E-state index in [-0.39, 0.29) is 5.91 Å². The van der Waals surface area contributed by atoms with Gasteiger partial charge in [-0.3, -0.25) is 4.79 Å². The van der Waals surface area contributed by atoms with E-state index < -0.39 is 5.97 Å². The Labute approximate surface area is 132 Å². The Morgan fingerprint density at radius 2 is 1.91 bits per heavy atom. The second kappa shape index (κ2) is 7.43. The highest BCUT2D eigenvalue weighted by molar-refractivity contribution is 5.89. The first-order valence-corrected chi connectivity index (χ1v) is 8.07. The van der Waals surface area contributed by atoms with Gasteiger partial charge in [0.05, 0.1) is 5.56 Å². The first-order valence-electron chi connectivity index (χ1n) is 8.07. The fraction of sp³-hybridized carbons (Fsp3) is 0.556. The van der Waals surface area contributed by atoms with Gasteiger partial charge in [-0.25, -0.2) is 4.79 Å². The van der Waals surface area contributed by atoms with Gasteiger partial charge >= 0.3 is 5.97 Å². The van der Waals surface area contributed by atoms with Crippen LogP contribution in [0.25, 0.3) is 0 Å². The summed E-state index contributed by atoms with van der Waals surface area (Å²) < 4.78 is 0. The predicted molar refractivity (Wildman–Crippen MR) is 85.9 cm³/mol. The molecule has 1 aliphatic rings. The molecule has 4 heteroatoms. The maximum Gasteiger partial charge on any atom is 0.335 e. The van der Waals surface area contributed by atoms with Crippen LogP contribution in [0.5, 0.6) is 0 Å². The van der Waals surface area contributed by atoms with E-state index in [4.69, 9.17) is 0 Å². The van der Waals surface area contributed by atoms with E-state index in [1.807, 2.05) is 18.0 Å². The minimum atomic E-state index is -0.933. The summed E-state index contributed by atoms with van der Waals surface area (Å²) in [5.41, 5.74) is 1.03. The third kappa shape index (κ3) is 3.87. The lowest BCUT2D eigenvalue weighted by atomic mass is 9.85. The Morgan fingerprint density at radius 3 is 2.59 bits per heavy atom. The lowest BCUT2D eigenvalue weighted by molar-refractivity contribution is -0.133. The third-order valence-corrected chi connectivity index (χ3v) is 4.81. The molecule has 1 saturated carbocycles. The average Bonchev–Trinajstić information content (AvgIpc) is 2.52. The number of benzene rings is 1. The van der Waals surface area contributed by atoms with E-state index in [0.717, 1.165) is 12.0 Å². The van der Waals surface area contributed by atoms with Crippen molar-refractivity contribution >= 4 is 11.9 Å². The van der Waals surface area contributed by atoms with Gasteiger partial charge in [0.1, 0.15) is 0 Å². The number of carboxylic acids is 1. The topological polar surface area (TPSA) is 57.6 Å². The molecule has 1 N–H and O–H groups in total. The van der Waals surface area contributed by atoms with E-state index in [9.17, 15) is 14.7 Å². The molecule has 2 atom stereocenters. The molecule has 0 bridgehead atoms. The van der Waals surface area contributed by atoms with Crippen LogP contribution in [0.1, 0.15) is 54.9 Å². The fourth-order valence-electron chi connectivity index (χ4n) is 3.42. The Morgan fingerprint density at radius 1 is 1.23 bits per heavy atom. The molecule has 22 heavy (non-hydrogen) atoms. The number of rotatable bonds is 5. The van der Waals surface area contributed by atoms with E-state index in [0.29, 0.717) is 30.4 Å². The van der Waals surface area contributed by atoms with E-state index >= 15 is 0 Å². The zero-order chi connectivity index (χ0) is 16.1. The van der Waals surface area contributed by atoms with Gasteiger partial charge in [-0.2, -0.15) is 0 Å². The molecule has 2 unspecified atom stereocenters. The van der Waals surface area contributed by atoms with Gasteiger partial charge < -0.3 is 10.0 Å². The minimum absolute atomic E-state index is 0.110. The molecule has 1 fully saturated rings. The highest BCUT2D eigenvalue weighted by atomic mass is 16.4. The Hall–Kier alpha value is -1.84. The first kappa shape index (κ1) is 16.5. The van der Waals surface area contributed by atoms with Crippen LogP contribution in [0.3, 0.4) is 0 Å². The van der Waals surface area contributed by atoms with Crippen molar-refractivity contribution in [2.75, 3.05) is 7.05 Å². The summed E-state index contributed by atoms with van der Waals surface area (Å²) in [6, 6.07) is 7.25. The quantitative estimate of drug-likeness (QED) is 0.907. The van der Waals surface area contributed by atoms with Gasteiger partial charge in [0.25, 0.3) is 0 Å². The number of hydrogen-bond acceptors (Lipinski definition) is 2. The Bertz CT molecular complexity index is 541. The summed E-state index contributed by atoms with van der Waals surface area (Å²) in [5, 5.41) is 9.18. The summed E-state index contributed by atoms with van der Waals surface area (Å²) >= 11 is 0. The van der Waals surface area contributed by atoms with Crippen LogP contribution < -0.4 is 0 Å². The van der Waals surface area contributed by atoms with Crippen molar-refractivity contribution in [3.8, 4) is 0 Å². The summed E-state index contributed by atoms with van der Waals surface area (Å²) in [4.78, 5) is 25.5. The number of hydrogen-bond donors (Lipinski definition) is 1. The molecule has 0 spiro atoms. The van der Waals surface area contributed by atoms with E-state index in [1.165, 1.54) is 19.3 Å². The number of nitrogens with zero attached hydrogens (tertiary/aromatic N) is 1. The second-order valence-electron chi connectivity index (χ2n) is 6.30. The first-order chi connectivity index (χ1) is 10.5. The monoisotopic (exact) mass is 303 g/mol. The zero-order valence-electron chi connectivity index (χ0n) is 13.4. The minimum Gasteiger partial charge on any atom is -0.478 e. The van der Waals surface area contributed by atoms with E-state index in [2.05, 4.69) is 6.92 Å². The van der Waals surface area contributed by atoms with Crippen LogP contribution in [-0.2, 0) is 11.2 Å². The second-order valence-corrected chi connectivity index (χ2v) is 6.30. The smallest absolute Gasteiger partial charge is 0.335 e. The van der Waals surface area contributed by atoms with Gasteiger partial charge in [-0.05, 0) is 36.8 Å². The Balaban J connectivity index is 1.96. The Kier molecular flexibility index (Phi) is 5.58. The van der Waals surface area contributed by atoms with E-state index in [1.54, 1.807) is 18.2 Å². The van der Waals surface area contributed by atoms with Crippen molar-refractivity contribution in [2.45, 2.75) is 51.5 Å². The summed E-state index contributed by atoms with van der Waals surface area (Å²) in [6.07, 6.45) is 5.55. The van der Waals surface area contributed by atoms with Gasteiger partial charge in [0.15, 0.2) is 0 Å². The number of aryl methyl sites for hydroxylation is 1. The SMILES string of the molecule is CC1CCCCC1N(C)C(=O)CCc1ccccc1C(=O)O. The predicted octanol–water partition coefficient (Wildman–Crippen LogP) is 3.35. The maximum atomic E-state index is 12.4. The zero-order valence-corrected chi connectivity index (χ0v) is 13.4. The number of carboxylic acid groups (broad SMARTS) is 1. The molecule has 1 aromatic carbocycles. The van der Waals surface area contributed by atoms with Crippen LogP contribution >= 0.6 is 0 Å². The summed E-state index contributed by atoms with van der Waals surface area (Å²) in [6.45, 7) is 2.22. The molecule has 0 aromatic heterocycles. The lowest BCUT2D eigenvalue weighted by Crippen LogP contribution is -2.42. The van der Waals surface area contributed by atoms with Crippen molar-refractivity contribution in [1.82, 2.24) is 4.90 Å². The molecule has 2 rings (SSSR count). The molecule has 0 aliphatic heterocycles. The number of carbonyl (C=O) groups excluding carboxylic acids is 1. The fourth-order valence-corrected chi connectivity index (χ4v) is 3.42. The van der Waals surface area contributed by atoms with Crippen molar-refractivity contribution in [2.24, 2.45) is 5.92 Å². The maximum absolute atomic E-state index is 12.4. The van der Waals surface area contributed by atoms with Crippen molar-refractivity contribution in [3.63, 3.8) is 0 Å². The highest BCUT2D eigenvalue weighted by Gasteiger charge is 2.27. The standard InChI is InChI=1S/C18H25NO3/c1-13-7-3-6-10-16(13)19(2)17(20)12-11-14-8-4-5-9-15(14)18(21)22/h4-5,8-9,13,16H,3,6-7,10-12H2,1-2H3,(H,21,22). The van der Waals surface area contributed by atoms with Crippen molar-refractivity contribution < 1.29 is 14.7 Å². The summed E-state index contributed by atoms with van der Waals surface area (Å²) in [5.74, 6) is -0.273. The molecular weight excluding hydrogens is 278 g/mol. The van der Waals surface area contributed by atoms with Crippen LogP contribution in [0.15, 0.2) is 24.3 Å².